The molecule has 3 nitrogen and oxygen atoms in total. The molecule has 1 aromatic carbocycles. The first-order valence-corrected chi connectivity index (χ1v) is 5.28. The summed E-state index contributed by atoms with van der Waals surface area (Å²) in [5, 5.41) is 9.23. The number of aliphatic hydroxyl groups is 1. The lowest BCUT2D eigenvalue weighted by Gasteiger charge is -2.26. The lowest BCUT2D eigenvalue weighted by molar-refractivity contribution is 0.112. The average Bonchev–Trinajstić information content (AvgIpc) is 2.76. The molecule has 0 aliphatic carbocycles. The average molecular weight is 205 g/mol. The molecule has 15 heavy (non-hydrogen) atoms. The number of aldehydes is 1. The highest BCUT2D eigenvalue weighted by atomic mass is 16.3. The minimum Gasteiger partial charge on any atom is -0.394 e. The topological polar surface area (TPSA) is 40.5 Å². The third kappa shape index (κ3) is 1.88. The molecule has 1 atom stereocenters. The number of nitrogens with zero attached hydrogens (tertiary/aromatic N) is 1. The maximum Gasteiger partial charge on any atom is 0.152 e. The molecule has 1 fully saturated rings. The Kier molecular flexibility index (Phi) is 3.02. The van der Waals surface area contributed by atoms with E-state index in [0.29, 0.717) is 5.56 Å². The standard InChI is InChI=1S/C12H15NO2/c14-8-10-4-1-2-6-12(10)13-7-3-5-11(13)9-15/h1-2,4,6,8,11,15H,3,5,7,9H2. The molecule has 0 spiro atoms. The molecule has 0 saturated carbocycles. The summed E-state index contributed by atoms with van der Waals surface area (Å²) in [4.78, 5) is 13.0. The van der Waals surface area contributed by atoms with Gasteiger partial charge in [0.05, 0.1) is 12.6 Å². The fraction of sp³-hybridized carbons (Fsp3) is 0.417. The fourth-order valence-electron chi connectivity index (χ4n) is 2.19. The monoisotopic (exact) mass is 205 g/mol. The van der Waals surface area contributed by atoms with Gasteiger partial charge in [0.1, 0.15) is 0 Å². The van der Waals surface area contributed by atoms with Crippen LogP contribution in [0.3, 0.4) is 0 Å². The maximum absolute atomic E-state index is 10.9. The largest absolute Gasteiger partial charge is 0.394 e. The lowest BCUT2D eigenvalue weighted by atomic mass is 10.1. The van der Waals surface area contributed by atoms with Gasteiger partial charge in [0.15, 0.2) is 6.29 Å². The minimum absolute atomic E-state index is 0.160. The molecule has 1 N–H and O–H groups in total. The van der Waals surface area contributed by atoms with Gasteiger partial charge in [-0.3, -0.25) is 4.79 Å². The predicted octanol–water partition coefficient (Wildman–Crippen LogP) is 1.46. The third-order valence-corrected chi connectivity index (χ3v) is 2.96. The van der Waals surface area contributed by atoms with E-state index in [1.54, 1.807) is 0 Å². The summed E-state index contributed by atoms with van der Waals surface area (Å²) < 4.78 is 0. The summed E-state index contributed by atoms with van der Waals surface area (Å²) in [6, 6.07) is 7.71. The van der Waals surface area contributed by atoms with Crippen molar-refractivity contribution in [1.82, 2.24) is 0 Å². The number of carbonyl (C=O) groups is 1. The molecular formula is C12H15NO2. The zero-order chi connectivity index (χ0) is 10.7. The van der Waals surface area contributed by atoms with Gasteiger partial charge in [0.25, 0.3) is 0 Å². The Labute approximate surface area is 89.3 Å². The van der Waals surface area contributed by atoms with Gasteiger partial charge in [0, 0.05) is 17.8 Å². The van der Waals surface area contributed by atoms with Crippen molar-refractivity contribution in [2.45, 2.75) is 18.9 Å². The van der Waals surface area contributed by atoms with E-state index in [-0.39, 0.29) is 12.6 Å². The molecule has 0 amide bonds. The smallest absolute Gasteiger partial charge is 0.152 e. The van der Waals surface area contributed by atoms with Crippen LogP contribution in [-0.4, -0.2) is 30.6 Å². The van der Waals surface area contributed by atoms with Crippen LogP contribution in [0.5, 0.6) is 0 Å². The first-order chi connectivity index (χ1) is 7.36. The third-order valence-electron chi connectivity index (χ3n) is 2.96. The summed E-state index contributed by atoms with van der Waals surface area (Å²) in [7, 11) is 0. The van der Waals surface area contributed by atoms with Crippen molar-refractivity contribution >= 4 is 12.0 Å². The lowest BCUT2D eigenvalue weighted by Crippen LogP contribution is -2.32. The second-order valence-electron chi connectivity index (χ2n) is 3.85. The molecule has 1 aliphatic rings. The highest BCUT2D eigenvalue weighted by Gasteiger charge is 2.25. The summed E-state index contributed by atoms with van der Waals surface area (Å²) in [5.41, 5.74) is 1.65. The van der Waals surface area contributed by atoms with Crippen LogP contribution >= 0.6 is 0 Å². The molecule has 80 valence electrons. The minimum atomic E-state index is 0.160. The van der Waals surface area contributed by atoms with Crippen molar-refractivity contribution in [3.63, 3.8) is 0 Å². The molecule has 0 aromatic heterocycles. The number of para-hydroxylation sites is 1. The maximum atomic E-state index is 10.9. The number of aliphatic hydroxyl groups excluding tert-OH is 1. The van der Waals surface area contributed by atoms with Crippen molar-refractivity contribution in [1.29, 1.82) is 0 Å². The molecule has 1 aromatic rings. The Morgan fingerprint density at radius 3 is 3.00 bits per heavy atom. The van der Waals surface area contributed by atoms with Gasteiger partial charge in [-0.15, -0.1) is 0 Å². The van der Waals surface area contributed by atoms with E-state index in [1.807, 2.05) is 24.3 Å². The number of carbonyl (C=O) groups excluding carboxylic acids is 1. The van der Waals surface area contributed by atoms with E-state index < -0.39 is 0 Å². The number of benzene rings is 1. The van der Waals surface area contributed by atoms with Crippen molar-refractivity contribution in [2.75, 3.05) is 18.1 Å². The molecule has 0 radical (unpaired) electrons. The highest BCUT2D eigenvalue weighted by Crippen LogP contribution is 2.27. The van der Waals surface area contributed by atoms with Crippen LogP contribution in [0, 0.1) is 0 Å². The molecular weight excluding hydrogens is 190 g/mol. The molecule has 1 unspecified atom stereocenters. The zero-order valence-electron chi connectivity index (χ0n) is 8.60. The first-order valence-electron chi connectivity index (χ1n) is 5.28. The van der Waals surface area contributed by atoms with Crippen LogP contribution in [-0.2, 0) is 0 Å². The van der Waals surface area contributed by atoms with Crippen LogP contribution < -0.4 is 4.90 Å². The van der Waals surface area contributed by atoms with E-state index in [1.165, 1.54) is 0 Å². The molecule has 0 bridgehead atoms. The molecule has 1 aliphatic heterocycles. The Morgan fingerprint density at radius 2 is 2.27 bits per heavy atom. The zero-order valence-corrected chi connectivity index (χ0v) is 8.60. The van der Waals surface area contributed by atoms with Gasteiger partial charge >= 0.3 is 0 Å². The van der Waals surface area contributed by atoms with Crippen molar-refractivity contribution < 1.29 is 9.90 Å². The van der Waals surface area contributed by atoms with Crippen LogP contribution in [0.1, 0.15) is 23.2 Å². The Bertz CT molecular complexity index is 351. The summed E-state index contributed by atoms with van der Waals surface area (Å²) in [5.74, 6) is 0. The van der Waals surface area contributed by atoms with E-state index in [9.17, 15) is 9.90 Å². The summed E-state index contributed by atoms with van der Waals surface area (Å²) >= 11 is 0. The Morgan fingerprint density at radius 1 is 1.47 bits per heavy atom. The Hall–Kier alpha value is -1.35. The SMILES string of the molecule is O=Cc1ccccc1N1CCCC1CO. The predicted molar refractivity (Wildman–Crippen MR) is 59.3 cm³/mol. The van der Waals surface area contributed by atoms with E-state index in [0.717, 1.165) is 31.4 Å². The Balaban J connectivity index is 2.31. The van der Waals surface area contributed by atoms with Crippen LogP contribution in [0.15, 0.2) is 24.3 Å². The highest BCUT2D eigenvalue weighted by molar-refractivity contribution is 5.84. The molecule has 3 heteroatoms. The first kappa shape index (κ1) is 10.2. The van der Waals surface area contributed by atoms with Crippen molar-refractivity contribution in [3.05, 3.63) is 29.8 Å². The normalized spacial score (nSPS) is 20.6. The number of rotatable bonds is 3. The number of hydrogen-bond donors (Lipinski definition) is 1. The van der Waals surface area contributed by atoms with Gasteiger partial charge in [0.2, 0.25) is 0 Å². The number of hydrogen-bond acceptors (Lipinski definition) is 3. The van der Waals surface area contributed by atoms with Crippen LogP contribution in [0.25, 0.3) is 0 Å². The van der Waals surface area contributed by atoms with Gasteiger partial charge in [-0.1, -0.05) is 12.1 Å². The van der Waals surface area contributed by atoms with Crippen molar-refractivity contribution in [3.8, 4) is 0 Å². The van der Waals surface area contributed by atoms with Gasteiger partial charge in [-0.25, -0.2) is 0 Å². The summed E-state index contributed by atoms with van der Waals surface area (Å²) in [6.45, 7) is 1.09. The van der Waals surface area contributed by atoms with E-state index in [4.69, 9.17) is 0 Å². The van der Waals surface area contributed by atoms with Crippen LogP contribution in [0.2, 0.25) is 0 Å². The van der Waals surface area contributed by atoms with E-state index in [2.05, 4.69) is 4.90 Å². The van der Waals surface area contributed by atoms with Gasteiger partial charge in [-0.2, -0.15) is 0 Å². The second-order valence-corrected chi connectivity index (χ2v) is 3.85. The van der Waals surface area contributed by atoms with Gasteiger partial charge < -0.3 is 10.0 Å². The van der Waals surface area contributed by atoms with E-state index >= 15 is 0 Å². The summed E-state index contributed by atoms with van der Waals surface area (Å²) in [6.07, 6.45) is 2.96. The quantitative estimate of drug-likeness (QED) is 0.759. The molecule has 2 rings (SSSR count). The second kappa shape index (κ2) is 4.45. The van der Waals surface area contributed by atoms with Crippen LogP contribution in [0.4, 0.5) is 5.69 Å². The molecule has 1 heterocycles. The number of anilines is 1. The molecule has 1 saturated heterocycles. The van der Waals surface area contributed by atoms with Gasteiger partial charge in [-0.05, 0) is 25.0 Å². The fourth-order valence-corrected chi connectivity index (χ4v) is 2.19. The van der Waals surface area contributed by atoms with Crippen molar-refractivity contribution in [2.24, 2.45) is 0 Å².